The number of aliphatic imine (C=N–C) groups is 1. The van der Waals surface area contributed by atoms with Gasteiger partial charge in [0.2, 0.25) is 0 Å². The molecular weight excluding hydrogens is 521 g/mol. The summed E-state index contributed by atoms with van der Waals surface area (Å²) in [5, 5.41) is 6.80. The summed E-state index contributed by atoms with van der Waals surface area (Å²) in [4.78, 5) is 4.81. The van der Waals surface area contributed by atoms with E-state index in [1.165, 1.54) is 5.56 Å². The van der Waals surface area contributed by atoms with E-state index >= 15 is 0 Å². The summed E-state index contributed by atoms with van der Waals surface area (Å²) < 4.78 is 22.5. The van der Waals surface area contributed by atoms with Crippen molar-refractivity contribution >= 4 is 29.9 Å². The maximum Gasteiger partial charge on any atom is 0.191 e. The maximum absolute atomic E-state index is 6.21. The molecule has 0 spiro atoms. The van der Waals surface area contributed by atoms with E-state index in [0.717, 1.165) is 75.2 Å². The fraction of sp³-hybridized carbons (Fsp3) is 0.542. The van der Waals surface area contributed by atoms with Crippen LogP contribution in [0.5, 0.6) is 5.75 Å². The minimum absolute atomic E-state index is 0. The molecule has 0 radical (unpaired) electrons. The number of nitrogens with one attached hydrogen (secondary N) is 2. The molecular formula is C24H36IN3O4. The summed E-state index contributed by atoms with van der Waals surface area (Å²) in [6, 6.07) is 10.2. The molecule has 3 rings (SSSR count). The molecule has 2 N–H and O–H groups in total. The largest absolute Gasteiger partial charge is 0.488 e. The van der Waals surface area contributed by atoms with Crippen molar-refractivity contribution in [2.75, 3.05) is 39.5 Å². The first kappa shape index (κ1) is 26.5. The molecule has 1 saturated heterocycles. The highest BCUT2D eigenvalue weighted by Gasteiger charge is 2.18. The smallest absolute Gasteiger partial charge is 0.191 e. The Morgan fingerprint density at radius 1 is 1.22 bits per heavy atom. The molecule has 0 aliphatic carbocycles. The molecule has 7 nitrogen and oxygen atoms in total. The number of aryl methyl sites for hydroxylation is 1. The first-order valence-electron chi connectivity index (χ1n) is 11.2. The first-order valence-corrected chi connectivity index (χ1v) is 11.2. The SMILES string of the molecule is CCOCCCNC(=NCc1ccc(C)cc1OC1CCOC1)NCCc1ccco1.I. The van der Waals surface area contributed by atoms with Crippen LogP contribution in [0.3, 0.4) is 0 Å². The first-order chi connectivity index (χ1) is 15.2. The second-order valence-electron chi connectivity index (χ2n) is 7.61. The highest BCUT2D eigenvalue weighted by atomic mass is 127. The summed E-state index contributed by atoms with van der Waals surface area (Å²) in [5.41, 5.74) is 2.24. The third kappa shape index (κ3) is 9.38. The number of hydrogen-bond acceptors (Lipinski definition) is 5. The topological polar surface area (TPSA) is 77.2 Å². The number of hydrogen-bond donors (Lipinski definition) is 2. The minimum Gasteiger partial charge on any atom is -0.488 e. The van der Waals surface area contributed by atoms with Crippen LogP contribution in [-0.2, 0) is 22.4 Å². The number of ether oxygens (including phenoxy) is 3. The molecule has 32 heavy (non-hydrogen) atoms. The van der Waals surface area contributed by atoms with E-state index < -0.39 is 0 Å². The minimum atomic E-state index is 0. The Morgan fingerprint density at radius 3 is 2.84 bits per heavy atom. The van der Waals surface area contributed by atoms with Gasteiger partial charge in [0.25, 0.3) is 0 Å². The molecule has 8 heteroatoms. The lowest BCUT2D eigenvalue weighted by Gasteiger charge is -2.16. The normalized spacial score (nSPS) is 15.9. The van der Waals surface area contributed by atoms with E-state index in [-0.39, 0.29) is 30.1 Å². The highest BCUT2D eigenvalue weighted by molar-refractivity contribution is 14.0. The lowest BCUT2D eigenvalue weighted by molar-refractivity contribution is 0.140. The Hall–Kier alpha value is -1.78. The third-order valence-electron chi connectivity index (χ3n) is 5.02. The zero-order chi connectivity index (χ0) is 21.7. The number of rotatable bonds is 12. The fourth-order valence-corrected chi connectivity index (χ4v) is 3.31. The van der Waals surface area contributed by atoms with Crippen molar-refractivity contribution in [3.05, 3.63) is 53.5 Å². The van der Waals surface area contributed by atoms with Gasteiger partial charge in [-0.15, -0.1) is 24.0 Å². The maximum atomic E-state index is 6.21. The molecule has 2 aromatic rings. The van der Waals surface area contributed by atoms with Gasteiger partial charge in [-0.05, 0) is 44.0 Å². The van der Waals surface area contributed by atoms with Gasteiger partial charge in [-0.2, -0.15) is 0 Å². The Bertz CT molecular complexity index is 793. The van der Waals surface area contributed by atoms with Crippen LogP contribution in [0.25, 0.3) is 0 Å². The Kier molecular flexibility index (Phi) is 12.5. The van der Waals surface area contributed by atoms with Gasteiger partial charge in [0.05, 0.1) is 26.0 Å². The molecule has 1 aromatic carbocycles. The highest BCUT2D eigenvalue weighted by Crippen LogP contribution is 2.24. The van der Waals surface area contributed by atoms with Gasteiger partial charge in [-0.25, -0.2) is 4.99 Å². The lowest BCUT2D eigenvalue weighted by Crippen LogP contribution is -2.39. The predicted octanol–water partition coefficient (Wildman–Crippen LogP) is 4.08. The van der Waals surface area contributed by atoms with Crippen molar-refractivity contribution < 1.29 is 18.6 Å². The van der Waals surface area contributed by atoms with Crippen molar-refractivity contribution in [1.82, 2.24) is 10.6 Å². The molecule has 1 aliphatic rings. The second-order valence-corrected chi connectivity index (χ2v) is 7.61. The summed E-state index contributed by atoms with van der Waals surface area (Å²) in [5.74, 6) is 2.63. The van der Waals surface area contributed by atoms with Crippen LogP contribution in [0.4, 0.5) is 0 Å². The summed E-state index contributed by atoms with van der Waals surface area (Å²) in [6.07, 6.45) is 4.47. The quantitative estimate of drug-likeness (QED) is 0.177. The molecule has 0 amide bonds. The molecule has 0 bridgehead atoms. The molecule has 2 heterocycles. The second kappa shape index (κ2) is 15.1. The van der Waals surface area contributed by atoms with Crippen LogP contribution in [0, 0.1) is 6.92 Å². The average molecular weight is 557 g/mol. The summed E-state index contributed by atoms with van der Waals surface area (Å²) in [6.45, 7) is 9.04. The Morgan fingerprint density at radius 2 is 2.09 bits per heavy atom. The van der Waals surface area contributed by atoms with Crippen LogP contribution in [0.1, 0.15) is 36.7 Å². The van der Waals surface area contributed by atoms with E-state index in [2.05, 4.69) is 35.8 Å². The van der Waals surface area contributed by atoms with E-state index in [0.29, 0.717) is 13.2 Å². The Balaban J connectivity index is 0.00000363. The molecule has 0 saturated carbocycles. The zero-order valence-electron chi connectivity index (χ0n) is 19.1. The molecule has 1 unspecified atom stereocenters. The average Bonchev–Trinajstić information content (AvgIpc) is 3.47. The van der Waals surface area contributed by atoms with Crippen molar-refractivity contribution in [2.45, 2.75) is 45.8 Å². The predicted molar refractivity (Wildman–Crippen MR) is 137 cm³/mol. The van der Waals surface area contributed by atoms with Crippen molar-refractivity contribution in [3.8, 4) is 5.75 Å². The monoisotopic (exact) mass is 557 g/mol. The standard InChI is InChI=1S/C24H35N3O4.HI/c1-3-28-13-5-11-25-24(26-12-9-21-6-4-14-30-21)27-17-20-8-7-19(2)16-23(20)31-22-10-15-29-18-22;/h4,6-8,14,16,22H,3,5,9-13,15,17-18H2,1-2H3,(H2,25,26,27);1H. The van der Waals surface area contributed by atoms with Gasteiger partial charge >= 0.3 is 0 Å². The van der Waals surface area contributed by atoms with Crippen molar-refractivity contribution in [2.24, 2.45) is 4.99 Å². The van der Waals surface area contributed by atoms with Crippen molar-refractivity contribution in [3.63, 3.8) is 0 Å². The molecule has 1 aliphatic heterocycles. The molecule has 1 fully saturated rings. The van der Waals surface area contributed by atoms with Crippen LogP contribution in [0.15, 0.2) is 46.0 Å². The number of furan rings is 1. The van der Waals surface area contributed by atoms with Crippen LogP contribution < -0.4 is 15.4 Å². The van der Waals surface area contributed by atoms with Gasteiger partial charge in [-0.3, -0.25) is 0 Å². The number of nitrogens with zero attached hydrogens (tertiary/aromatic N) is 1. The van der Waals surface area contributed by atoms with E-state index in [1.54, 1.807) is 6.26 Å². The van der Waals surface area contributed by atoms with Gasteiger partial charge < -0.3 is 29.3 Å². The molecule has 1 aromatic heterocycles. The van der Waals surface area contributed by atoms with Gasteiger partial charge in [0.15, 0.2) is 5.96 Å². The number of halogens is 1. The van der Waals surface area contributed by atoms with E-state index in [4.69, 9.17) is 23.6 Å². The van der Waals surface area contributed by atoms with Gasteiger partial charge in [0.1, 0.15) is 17.6 Å². The van der Waals surface area contributed by atoms with Crippen LogP contribution >= 0.6 is 24.0 Å². The summed E-state index contributed by atoms with van der Waals surface area (Å²) >= 11 is 0. The molecule has 178 valence electrons. The van der Waals surface area contributed by atoms with E-state index in [9.17, 15) is 0 Å². The number of benzene rings is 1. The zero-order valence-corrected chi connectivity index (χ0v) is 21.4. The third-order valence-corrected chi connectivity index (χ3v) is 5.02. The molecule has 1 atom stereocenters. The Labute approximate surface area is 208 Å². The van der Waals surface area contributed by atoms with Gasteiger partial charge in [-0.1, -0.05) is 12.1 Å². The number of guanidine groups is 1. The van der Waals surface area contributed by atoms with Crippen LogP contribution in [-0.4, -0.2) is 51.6 Å². The van der Waals surface area contributed by atoms with E-state index in [1.807, 2.05) is 19.1 Å². The van der Waals surface area contributed by atoms with Gasteiger partial charge in [0, 0.05) is 44.7 Å². The fourth-order valence-electron chi connectivity index (χ4n) is 3.31. The van der Waals surface area contributed by atoms with Crippen molar-refractivity contribution in [1.29, 1.82) is 0 Å². The lowest BCUT2D eigenvalue weighted by atomic mass is 10.1. The van der Waals surface area contributed by atoms with Crippen LogP contribution in [0.2, 0.25) is 0 Å². The summed E-state index contributed by atoms with van der Waals surface area (Å²) in [7, 11) is 0.